The molecule has 4 amide bonds. The molecule has 5 N–H and O–H groups in total. The average Bonchev–Trinajstić information content (AvgIpc) is 2.93. The summed E-state index contributed by atoms with van der Waals surface area (Å²) in [5.41, 5.74) is 10.4. The van der Waals surface area contributed by atoms with Crippen molar-refractivity contribution in [3.8, 4) is 0 Å². The van der Waals surface area contributed by atoms with E-state index in [4.69, 9.17) is 14.3 Å². The predicted molar refractivity (Wildman–Crippen MR) is 171 cm³/mol. The minimum Gasteiger partial charge on any atom is -0.460 e. The fourth-order valence-corrected chi connectivity index (χ4v) is 5.97. The molecule has 2 aliphatic rings. The smallest absolute Gasteiger partial charge is 0.317 e. The highest BCUT2D eigenvalue weighted by Gasteiger charge is 2.28. The van der Waals surface area contributed by atoms with Crippen LogP contribution in [-0.2, 0) is 20.8 Å². The van der Waals surface area contributed by atoms with Gasteiger partial charge in [-0.15, -0.1) is 0 Å². The number of nitrogens with zero attached hydrogens (tertiary/aromatic N) is 1. The fraction of sp³-hybridized carbons (Fsp3) is 0.735. The molecule has 43 heavy (non-hydrogen) atoms. The van der Waals surface area contributed by atoms with Gasteiger partial charge in [-0.05, 0) is 84.1 Å². The first-order valence-corrected chi connectivity index (χ1v) is 16.4. The molecule has 0 saturated heterocycles. The van der Waals surface area contributed by atoms with E-state index in [1.807, 2.05) is 25.7 Å². The van der Waals surface area contributed by atoms with Gasteiger partial charge in [0.25, 0.3) is 0 Å². The summed E-state index contributed by atoms with van der Waals surface area (Å²) in [6.45, 7) is 11.7. The molecular weight excluding hydrogens is 544 g/mol. The Labute approximate surface area is 259 Å². The normalized spacial score (nSPS) is 19.8. The molecule has 3 rings (SSSR count). The van der Waals surface area contributed by atoms with Gasteiger partial charge in [0.05, 0.1) is 18.6 Å². The van der Waals surface area contributed by atoms with Crippen molar-refractivity contribution in [2.75, 3.05) is 13.2 Å². The number of aryl methyl sites for hydroxylation is 1. The maximum absolute atomic E-state index is 13.3. The van der Waals surface area contributed by atoms with Gasteiger partial charge < -0.3 is 31.2 Å². The van der Waals surface area contributed by atoms with Gasteiger partial charge in [-0.3, -0.25) is 4.79 Å². The summed E-state index contributed by atoms with van der Waals surface area (Å²) in [4.78, 5) is 36.8. The van der Waals surface area contributed by atoms with Crippen LogP contribution >= 0.6 is 0 Å². The second-order valence-corrected chi connectivity index (χ2v) is 13.3. The zero-order valence-electron chi connectivity index (χ0n) is 27.4. The van der Waals surface area contributed by atoms with Crippen LogP contribution in [0.5, 0.6) is 0 Å². The molecule has 1 aromatic carbocycles. The third-order valence-electron chi connectivity index (χ3n) is 8.32. The van der Waals surface area contributed by atoms with Gasteiger partial charge >= 0.3 is 18.0 Å². The quantitative estimate of drug-likeness (QED) is 0.232. The molecule has 2 fully saturated rings. The van der Waals surface area contributed by atoms with Crippen molar-refractivity contribution in [1.82, 2.24) is 10.2 Å². The molecule has 0 aliphatic heterocycles. The third-order valence-corrected chi connectivity index (χ3v) is 8.32. The molecule has 1 unspecified atom stereocenters. The Kier molecular flexibility index (Phi) is 15.9. The Hall–Kier alpha value is -2.81. The van der Waals surface area contributed by atoms with Crippen LogP contribution in [-0.4, -0.2) is 53.8 Å². The number of urea groups is 2. The number of primary amides is 2. The van der Waals surface area contributed by atoms with Crippen LogP contribution in [0.15, 0.2) is 24.3 Å². The van der Waals surface area contributed by atoms with E-state index in [2.05, 4.69) is 54.9 Å². The number of amides is 4. The Bertz CT molecular complexity index is 968. The summed E-state index contributed by atoms with van der Waals surface area (Å²) >= 11 is 0. The molecular formula is C34H58N4O5. The van der Waals surface area contributed by atoms with Crippen molar-refractivity contribution in [3.05, 3.63) is 35.4 Å². The Morgan fingerprint density at radius 3 is 2.26 bits per heavy atom. The van der Waals surface area contributed by atoms with E-state index in [9.17, 15) is 9.59 Å². The van der Waals surface area contributed by atoms with Crippen LogP contribution in [0.3, 0.4) is 0 Å². The Morgan fingerprint density at radius 2 is 1.65 bits per heavy atom. The average molecular weight is 603 g/mol. The molecule has 0 radical (unpaired) electrons. The van der Waals surface area contributed by atoms with Crippen LogP contribution in [0.1, 0.15) is 116 Å². The first kappa shape index (κ1) is 36.4. The highest BCUT2D eigenvalue weighted by molar-refractivity contribution is 5.74. The lowest BCUT2D eigenvalue weighted by molar-refractivity contribution is -0.160. The maximum atomic E-state index is 13.3. The number of rotatable bonds is 12. The number of carbonyl (C=O) groups is 3. The van der Waals surface area contributed by atoms with Crippen molar-refractivity contribution in [1.29, 1.82) is 0 Å². The van der Waals surface area contributed by atoms with E-state index in [0.717, 1.165) is 56.9 Å². The predicted octanol–water partition coefficient (Wildman–Crippen LogP) is 6.59. The van der Waals surface area contributed by atoms with Crippen molar-refractivity contribution in [2.45, 2.75) is 136 Å². The van der Waals surface area contributed by atoms with Crippen molar-refractivity contribution in [2.24, 2.45) is 23.3 Å². The Balaban J connectivity index is 0.00000151. The minimum atomic E-state index is -0.833. The summed E-state index contributed by atoms with van der Waals surface area (Å²) in [5, 5.41) is 3.30. The number of nitrogens with two attached hydrogens (primary N) is 2. The highest BCUT2D eigenvalue weighted by Crippen LogP contribution is 2.32. The lowest BCUT2D eigenvalue weighted by Crippen LogP contribution is -2.46. The van der Waals surface area contributed by atoms with Crippen molar-refractivity contribution < 1.29 is 23.9 Å². The number of nitrogens with one attached hydrogen (secondary N) is 1. The molecule has 9 heteroatoms. The van der Waals surface area contributed by atoms with Crippen LogP contribution in [0.25, 0.3) is 0 Å². The molecule has 3 atom stereocenters. The molecule has 0 spiro atoms. The zero-order valence-corrected chi connectivity index (χ0v) is 27.4. The van der Waals surface area contributed by atoms with E-state index < -0.39 is 11.6 Å². The summed E-state index contributed by atoms with van der Waals surface area (Å²) in [5.74, 6) is 0.496. The van der Waals surface area contributed by atoms with Crippen LogP contribution < -0.4 is 16.8 Å². The topological polar surface area (TPSA) is 137 Å². The third kappa shape index (κ3) is 15.5. The molecule has 244 valence electrons. The van der Waals surface area contributed by atoms with E-state index in [1.54, 1.807) is 0 Å². The minimum absolute atomic E-state index is 0.0245. The van der Waals surface area contributed by atoms with Crippen LogP contribution in [0, 0.1) is 18.8 Å². The van der Waals surface area contributed by atoms with E-state index in [0.29, 0.717) is 31.7 Å². The van der Waals surface area contributed by atoms with Crippen LogP contribution in [0.4, 0.5) is 9.59 Å². The van der Waals surface area contributed by atoms with E-state index in [-0.39, 0.29) is 24.0 Å². The van der Waals surface area contributed by atoms with Crippen molar-refractivity contribution in [3.63, 3.8) is 0 Å². The van der Waals surface area contributed by atoms with Crippen LogP contribution in [0.2, 0.25) is 0 Å². The first-order valence-electron chi connectivity index (χ1n) is 16.4. The van der Waals surface area contributed by atoms with Gasteiger partial charge in [0.1, 0.15) is 5.60 Å². The van der Waals surface area contributed by atoms with E-state index in [1.165, 1.54) is 31.2 Å². The lowest BCUT2D eigenvalue weighted by Gasteiger charge is -2.32. The molecule has 0 heterocycles. The molecule has 2 saturated carbocycles. The number of hydrogen-bond donors (Lipinski definition) is 3. The molecule has 0 aromatic heterocycles. The number of benzene rings is 1. The summed E-state index contributed by atoms with van der Waals surface area (Å²) in [6, 6.07) is 7.93. The Morgan fingerprint density at radius 1 is 1.00 bits per heavy atom. The summed E-state index contributed by atoms with van der Waals surface area (Å²) < 4.78 is 12.0. The SMILES string of the molecule is CCC(CC[C@H]1CCC[C@@H](OCCN(Cc2ccc(C)cc2)C(=O)NC2CCCCC2)C1)C(=O)OC(C)(C)C.NC(N)=O. The zero-order chi connectivity index (χ0) is 31.8. The number of ether oxygens (including phenoxy) is 2. The van der Waals surface area contributed by atoms with Gasteiger partial charge in [0.15, 0.2) is 0 Å². The van der Waals surface area contributed by atoms with E-state index >= 15 is 0 Å². The summed E-state index contributed by atoms with van der Waals surface area (Å²) in [6.07, 6.45) is 13.3. The number of carbonyl (C=O) groups excluding carboxylic acids is 3. The lowest BCUT2D eigenvalue weighted by atomic mass is 9.82. The molecule has 0 bridgehead atoms. The molecule has 9 nitrogen and oxygen atoms in total. The van der Waals surface area contributed by atoms with Gasteiger partial charge in [0, 0.05) is 19.1 Å². The fourth-order valence-electron chi connectivity index (χ4n) is 5.97. The number of hydrogen-bond acceptors (Lipinski definition) is 5. The van der Waals surface area contributed by atoms with Gasteiger partial charge in [-0.2, -0.15) is 0 Å². The highest BCUT2D eigenvalue weighted by atomic mass is 16.6. The number of esters is 1. The van der Waals surface area contributed by atoms with Gasteiger partial charge in [-0.25, -0.2) is 9.59 Å². The molecule has 2 aliphatic carbocycles. The second-order valence-electron chi connectivity index (χ2n) is 13.3. The standard InChI is InChI=1S/C33H54N2O4.CH4N2O/c1-6-28(31(36)39-33(3,4)5)20-19-26-11-10-14-30(23-26)38-22-21-35(24-27-17-15-25(2)16-18-27)32(37)34-29-12-8-7-9-13-29;2-1(3)4/h15-18,26,28-30H,6-14,19-24H2,1-5H3,(H,34,37);(H4,2,3,4)/t26-,28?,30-;/m1./s1. The second kappa shape index (κ2) is 18.8. The van der Waals surface area contributed by atoms with Crippen molar-refractivity contribution >= 4 is 18.0 Å². The largest absolute Gasteiger partial charge is 0.460 e. The van der Waals surface area contributed by atoms with Gasteiger partial charge in [-0.1, -0.05) is 68.9 Å². The summed E-state index contributed by atoms with van der Waals surface area (Å²) in [7, 11) is 0. The monoisotopic (exact) mass is 602 g/mol. The van der Waals surface area contributed by atoms with Gasteiger partial charge in [0.2, 0.25) is 0 Å². The maximum Gasteiger partial charge on any atom is 0.317 e. The molecule has 1 aromatic rings. The first-order chi connectivity index (χ1) is 20.4.